The van der Waals surface area contributed by atoms with E-state index in [1.165, 1.54) is 12.1 Å². The van der Waals surface area contributed by atoms with Crippen molar-refractivity contribution in [2.24, 2.45) is 45.7 Å². The molecule has 3 fully saturated rings. The number of fused-ring (bicyclic) bond motifs is 1. The van der Waals surface area contributed by atoms with Crippen LogP contribution in [0.5, 0.6) is 5.75 Å². The molecule has 1 aromatic rings. The van der Waals surface area contributed by atoms with Gasteiger partial charge in [-0.3, -0.25) is 4.79 Å². The third kappa shape index (κ3) is 3.93. The zero-order valence-electron chi connectivity index (χ0n) is 23.7. The van der Waals surface area contributed by atoms with Crippen molar-refractivity contribution in [3.05, 3.63) is 36.2 Å². The molecule has 0 spiro atoms. The number of carboxylic acids is 1. The highest BCUT2D eigenvalue weighted by Crippen LogP contribution is 2.69. The largest absolute Gasteiger partial charge is 0.495 e. The van der Waals surface area contributed by atoms with Crippen molar-refractivity contribution in [3.63, 3.8) is 0 Å². The van der Waals surface area contributed by atoms with Gasteiger partial charge in [0.1, 0.15) is 5.78 Å². The van der Waals surface area contributed by atoms with Crippen LogP contribution in [0.25, 0.3) is 0 Å². The molecule has 5 rings (SSSR count). The Balaban J connectivity index is 1.66. The number of carbonyl (C=O) groups excluding carboxylic acids is 1. The topological polar surface area (TPSA) is 139 Å². The van der Waals surface area contributed by atoms with Gasteiger partial charge in [-0.2, -0.15) is 0 Å². The molecule has 4 aliphatic rings. The van der Waals surface area contributed by atoms with Gasteiger partial charge in [0, 0.05) is 35.7 Å². The summed E-state index contributed by atoms with van der Waals surface area (Å²) in [5.74, 6) is -3.84. The predicted molar refractivity (Wildman–Crippen MR) is 147 cm³/mol. The zero-order chi connectivity index (χ0) is 29.4. The monoisotopic (exact) mass is 557 g/mol. The first-order valence-corrected chi connectivity index (χ1v) is 14.4. The lowest BCUT2D eigenvalue weighted by Crippen LogP contribution is -2.63. The molecular formula is C30H41BFNO7. The second-order valence-electron chi connectivity index (χ2n) is 13.2. The van der Waals surface area contributed by atoms with Crippen LogP contribution in [0.1, 0.15) is 71.5 Å². The molecule has 8 nitrogen and oxygen atoms in total. The second kappa shape index (κ2) is 9.93. The minimum atomic E-state index is -1.55. The van der Waals surface area contributed by atoms with Gasteiger partial charge in [-0.05, 0) is 60.0 Å². The molecule has 0 aromatic heterocycles. The number of carbonyl (C=O) groups is 2. The molecule has 3 aliphatic carbocycles. The number of hydrogen-bond donors (Lipinski definition) is 4. The number of aliphatic hydroxyl groups excluding tert-OH is 1. The summed E-state index contributed by atoms with van der Waals surface area (Å²) in [5.41, 5.74) is 3.84. The first kappa shape index (κ1) is 29.2. The Bertz CT molecular complexity index is 1230. The van der Waals surface area contributed by atoms with E-state index in [0.29, 0.717) is 18.4 Å². The number of carboxylic acid groups (broad SMARTS) is 1. The van der Waals surface area contributed by atoms with Gasteiger partial charge in [0.25, 0.3) is 0 Å². The zero-order valence-corrected chi connectivity index (χ0v) is 23.7. The number of aliphatic carboxylic acids is 1. The molecule has 5 N–H and O–H groups in total. The van der Waals surface area contributed by atoms with Gasteiger partial charge in [0.05, 0.1) is 12.2 Å². The summed E-state index contributed by atoms with van der Waals surface area (Å²) in [7, 11) is -1.55. The molecule has 10 heteroatoms. The van der Waals surface area contributed by atoms with E-state index in [9.17, 15) is 24.8 Å². The SMILES string of the molecule is C=CC1(C)CC(C(Oc2ccc3c(c2F)B(O)OC3CN)C(=O)O)C2(C)C(C)CCC3(CCC(=O)C32)C(C)C1O. The molecule has 1 aliphatic heterocycles. The third-order valence-electron chi connectivity index (χ3n) is 11.6. The highest BCUT2D eigenvalue weighted by atomic mass is 19.1. The summed E-state index contributed by atoms with van der Waals surface area (Å²) in [4.78, 5) is 26.7. The minimum Gasteiger partial charge on any atom is -0.478 e. The Morgan fingerprint density at radius 1 is 1.35 bits per heavy atom. The molecule has 10 atom stereocenters. The molecule has 3 saturated carbocycles. The first-order valence-electron chi connectivity index (χ1n) is 14.4. The molecule has 218 valence electrons. The molecule has 0 saturated heterocycles. The van der Waals surface area contributed by atoms with Gasteiger partial charge in [-0.25, -0.2) is 9.18 Å². The van der Waals surface area contributed by atoms with E-state index in [0.717, 1.165) is 12.8 Å². The van der Waals surface area contributed by atoms with Crippen molar-refractivity contribution in [1.82, 2.24) is 0 Å². The van der Waals surface area contributed by atoms with Gasteiger partial charge < -0.3 is 30.4 Å². The highest BCUT2D eigenvalue weighted by Gasteiger charge is 2.69. The van der Waals surface area contributed by atoms with Crippen molar-refractivity contribution >= 4 is 24.3 Å². The number of ketones is 1. The minimum absolute atomic E-state index is 0.0231. The molecule has 40 heavy (non-hydrogen) atoms. The van der Waals surface area contributed by atoms with Crippen LogP contribution in [0.15, 0.2) is 24.8 Å². The van der Waals surface area contributed by atoms with Crippen LogP contribution in [0.3, 0.4) is 0 Å². The number of halogens is 1. The molecule has 2 bridgehead atoms. The molecule has 1 heterocycles. The van der Waals surface area contributed by atoms with Crippen LogP contribution in [0, 0.1) is 45.7 Å². The van der Waals surface area contributed by atoms with E-state index >= 15 is 4.39 Å². The van der Waals surface area contributed by atoms with E-state index in [4.69, 9.17) is 15.1 Å². The maximum atomic E-state index is 15.8. The van der Waals surface area contributed by atoms with Gasteiger partial charge in [-0.15, -0.1) is 6.58 Å². The van der Waals surface area contributed by atoms with E-state index in [1.807, 2.05) is 20.8 Å². The van der Waals surface area contributed by atoms with Gasteiger partial charge in [0.2, 0.25) is 0 Å². The number of Topliss-reactive ketones (excluding diaryl/α,β-unsaturated/α-hetero) is 1. The molecule has 1 aromatic carbocycles. The number of benzene rings is 1. The van der Waals surface area contributed by atoms with Gasteiger partial charge >= 0.3 is 13.1 Å². The Labute approximate surface area is 235 Å². The lowest BCUT2D eigenvalue weighted by Gasteiger charge is -2.63. The Hall–Kier alpha value is -2.27. The molecule has 10 unspecified atom stereocenters. The summed E-state index contributed by atoms with van der Waals surface area (Å²) in [6.45, 7) is 12.0. The van der Waals surface area contributed by atoms with E-state index in [-0.39, 0.29) is 41.8 Å². The Morgan fingerprint density at radius 3 is 2.67 bits per heavy atom. The lowest BCUT2D eigenvalue weighted by atomic mass is 9.41. The van der Waals surface area contributed by atoms with Crippen molar-refractivity contribution in [1.29, 1.82) is 0 Å². The van der Waals surface area contributed by atoms with Crippen molar-refractivity contribution in [3.8, 4) is 5.75 Å². The smallest absolute Gasteiger partial charge is 0.478 e. The first-order chi connectivity index (χ1) is 18.8. The maximum Gasteiger partial charge on any atom is 0.495 e. The van der Waals surface area contributed by atoms with Crippen LogP contribution in [0.4, 0.5) is 4.39 Å². The predicted octanol–water partition coefficient (Wildman–Crippen LogP) is 2.99. The average molecular weight is 557 g/mol. The fourth-order valence-corrected chi connectivity index (χ4v) is 9.05. The van der Waals surface area contributed by atoms with E-state index in [1.54, 1.807) is 6.08 Å². The van der Waals surface area contributed by atoms with Crippen LogP contribution >= 0.6 is 0 Å². The standard InChI is InChI=1S/C30H41BFNO7/c1-6-28(4)13-18(29(5)15(2)9-11-30(16(3)26(28)35)12-10-19(34)25(29)30)24(27(36)37)39-20-8-7-17-21(14-33)40-31(38)22(17)23(20)32/h6-8,15-16,18,21,24-26,35,38H,1,9-14,33H2,2-5H3,(H,36,37). The second-order valence-corrected chi connectivity index (χ2v) is 13.2. The number of aliphatic hydroxyl groups is 1. The summed E-state index contributed by atoms with van der Waals surface area (Å²) in [6.07, 6.45) is 1.39. The Morgan fingerprint density at radius 2 is 2.05 bits per heavy atom. The molecule has 0 radical (unpaired) electrons. The van der Waals surface area contributed by atoms with Crippen LogP contribution in [-0.4, -0.2) is 52.9 Å². The summed E-state index contributed by atoms with van der Waals surface area (Å²) in [6, 6.07) is 2.88. The van der Waals surface area contributed by atoms with Crippen molar-refractivity contribution < 1.29 is 38.6 Å². The third-order valence-corrected chi connectivity index (χ3v) is 11.6. The highest BCUT2D eigenvalue weighted by molar-refractivity contribution is 6.62. The number of ether oxygens (including phenoxy) is 1. The van der Waals surface area contributed by atoms with Crippen LogP contribution < -0.4 is 15.9 Å². The molecular weight excluding hydrogens is 516 g/mol. The van der Waals surface area contributed by atoms with Crippen LogP contribution in [0.2, 0.25) is 0 Å². The number of nitrogens with two attached hydrogens (primary N) is 1. The Kier molecular flexibility index (Phi) is 7.26. The number of hydrogen-bond acceptors (Lipinski definition) is 7. The summed E-state index contributed by atoms with van der Waals surface area (Å²) in [5, 5.41) is 32.7. The van der Waals surface area contributed by atoms with Crippen LogP contribution in [-0.2, 0) is 14.2 Å². The van der Waals surface area contributed by atoms with Gasteiger partial charge in [0.15, 0.2) is 17.7 Å². The van der Waals surface area contributed by atoms with Crippen molar-refractivity contribution in [2.75, 3.05) is 6.54 Å². The fourth-order valence-electron chi connectivity index (χ4n) is 9.05. The van der Waals surface area contributed by atoms with E-state index < -0.39 is 65.3 Å². The number of rotatable bonds is 6. The van der Waals surface area contributed by atoms with Gasteiger partial charge in [-0.1, -0.05) is 39.8 Å². The summed E-state index contributed by atoms with van der Waals surface area (Å²) >= 11 is 0. The van der Waals surface area contributed by atoms with E-state index in [2.05, 4.69) is 13.5 Å². The maximum absolute atomic E-state index is 15.8. The lowest BCUT2D eigenvalue weighted by molar-refractivity contribution is -0.193. The normalized spacial score (nSPS) is 41.5. The fraction of sp³-hybridized carbons (Fsp3) is 0.667. The summed E-state index contributed by atoms with van der Waals surface area (Å²) < 4.78 is 27.2. The molecule has 0 amide bonds. The average Bonchev–Trinajstić information content (AvgIpc) is 3.45. The quantitative estimate of drug-likeness (QED) is 0.309. The van der Waals surface area contributed by atoms with Crippen molar-refractivity contribution in [2.45, 2.75) is 78.1 Å².